The molecule has 0 unspecified atom stereocenters. The molecule has 32 heavy (non-hydrogen) atoms. The lowest BCUT2D eigenvalue weighted by Gasteiger charge is -2.39. The largest absolute Gasteiger partial charge is 0.460 e. The zero-order chi connectivity index (χ0) is 25.6. The van der Waals surface area contributed by atoms with E-state index in [0.717, 1.165) is 0 Å². The van der Waals surface area contributed by atoms with Crippen molar-refractivity contribution in [3.05, 3.63) is 12.2 Å². The lowest BCUT2D eigenvalue weighted by atomic mass is 9.93. The Morgan fingerprint density at radius 1 is 0.594 bits per heavy atom. The van der Waals surface area contributed by atoms with E-state index in [2.05, 4.69) is 0 Å². The molecule has 0 aromatic carbocycles. The van der Waals surface area contributed by atoms with E-state index in [-0.39, 0.29) is 18.9 Å². The highest BCUT2D eigenvalue weighted by atomic mass is 35.5. The molecule has 190 valence electrons. The molecule has 0 aromatic heterocycles. The van der Waals surface area contributed by atoms with Crippen LogP contribution in [-0.2, 0) is 4.79 Å². The second-order valence-electron chi connectivity index (χ2n) is 6.84. The minimum atomic E-state index is -7.88. The van der Waals surface area contributed by atoms with Gasteiger partial charge in [-0.15, -0.1) is 0 Å². The van der Waals surface area contributed by atoms with E-state index in [1.165, 1.54) is 0 Å². The summed E-state index contributed by atoms with van der Waals surface area (Å²) in [6, 6.07) is 0. The van der Waals surface area contributed by atoms with Crippen molar-refractivity contribution in [3.8, 4) is 0 Å². The molecule has 0 aliphatic heterocycles. The second kappa shape index (κ2) is 10.8. The fourth-order valence-electron chi connectivity index (χ4n) is 2.35. The van der Waals surface area contributed by atoms with Crippen LogP contribution >= 0.6 is 11.6 Å². The normalized spacial score (nSPS) is 14.9. The van der Waals surface area contributed by atoms with Gasteiger partial charge >= 0.3 is 35.8 Å². The van der Waals surface area contributed by atoms with Gasteiger partial charge in [0, 0.05) is 6.42 Å². The van der Waals surface area contributed by atoms with Gasteiger partial charge < -0.3 is 0 Å². The van der Waals surface area contributed by atoms with E-state index in [9.17, 15) is 61.9 Å². The molecule has 0 amide bonds. The van der Waals surface area contributed by atoms with E-state index in [0.29, 0.717) is 32.1 Å². The molecule has 0 aliphatic rings. The molecule has 0 heterocycles. The Kier molecular flexibility index (Phi) is 10.4. The number of unbranched alkanes of at least 4 members (excludes halogenated alkanes) is 6. The average Bonchev–Trinajstić information content (AvgIpc) is 2.61. The van der Waals surface area contributed by atoms with Crippen LogP contribution in [0.1, 0.15) is 51.4 Å². The van der Waals surface area contributed by atoms with Crippen LogP contribution in [-0.4, -0.2) is 41.0 Å². The Bertz CT molecular complexity index is 641. The number of hydrogen-bond donors (Lipinski definition) is 0. The van der Waals surface area contributed by atoms with Crippen molar-refractivity contribution >= 4 is 16.8 Å². The lowest BCUT2D eigenvalue weighted by molar-refractivity contribution is -0.436. The van der Waals surface area contributed by atoms with E-state index in [4.69, 9.17) is 11.6 Å². The Morgan fingerprint density at radius 3 is 1.44 bits per heavy atom. The summed E-state index contributed by atoms with van der Waals surface area (Å²) >= 11 is 5.10. The van der Waals surface area contributed by atoms with E-state index in [1.807, 2.05) is 0 Å². The Hall–Kier alpha value is -1.21. The van der Waals surface area contributed by atoms with Crippen LogP contribution in [0.4, 0.5) is 57.1 Å². The van der Waals surface area contributed by atoms with Gasteiger partial charge in [-0.25, -0.2) is 0 Å². The number of carbonyl (C=O) groups is 1. The highest BCUT2D eigenvalue weighted by Gasteiger charge is 2.90. The maximum atomic E-state index is 13.5. The topological polar surface area (TPSA) is 17.1 Å². The van der Waals surface area contributed by atoms with Gasteiger partial charge in [-0.1, -0.05) is 31.8 Å². The molecule has 1 nitrogen and oxygen atoms in total. The zero-order valence-electron chi connectivity index (χ0n) is 16.0. The Balaban J connectivity index is 5.07. The van der Waals surface area contributed by atoms with Crippen molar-refractivity contribution in [3.63, 3.8) is 0 Å². The summed E-state index contributed by atoms with van der Waals surface area (Å²) in [6.45, 7) is 0. The Labute approximate surface area is 179 Å². The predicted octanol–water partition coefficient (Wildman–Crippen LogP) is 8.17. The third-order valence-electron chi connectivity index (χ3n) is 4.28. The van der Waals surface area contributed by atoms with Gasteiger partial charge in [0.1, 0.15) is 0 Å². The number of rotatable bonds is 14. The molecule has 15 heteroatoms. The third-order valence-corrected chi connectivity index (χ3v) is 4.47. The summed E-state index contributed by atoms with van der Waals surface area (Å²) in [5.74, 6) is -36.8. The van der Waals surface area contributed by atoms with Crippen molar-refractivity contribution in [2.75, 3.05) is 0 Å². The van der Waals surface area contributed by atoms with Crippen molar-refractivity contribution in [2.45, 2.75) is 87.2 Å². The van der Waals surface area contributed by atoms with Crippen molar-refractivity contribution in [1.29, 1.82) is 0 Å². The lowest BCUT2D eigenvalue weighted by Crippen LogP contribution is -2.69. The van der Waals surface area contributed by atoms with Crippen LogP contribution in [0.25, 0.3) is 0 Å². The molecule has 0 saturated carbocycles. The zero-order valence-corrected chi connectivity index (χ0v) is 16.8. The van der Waals surface area contributed by atoms with Crippen molar-refractivity contribution < 1.29 is 61.9 Å². The minimum Gasteiger partial charge on any atom is -0.281 e. The third kappa shape index (κ3) is 6.66. The molecule has 0 fully saturated rings. The van der Waals surface area contributed by atoms with E-state index < -0.39 is 53.5 Å². The first kappa shape index (κ1) is 30.8. The van der Waals surface area contributed by atoms with Gasteiger partial charge in [0.05, 0.1) is 0 Å². The molecule has 0 spiro atoms. The van der Waals surface area contributed by atoms with Crippen LogP contribution < -0.4 is 0 Å². The minimum absolute atomic E-state index is 0.0608. The molecule has 0 saturated heterocycles. The number of carbonyl (C=O) groups excluding carboxylic acids is 1. The summed E-state index contributed by atoms with van der Waals surface area (Å²) in [7, 11) is 0. The first-order valence-corrected chi connectivity index (χ1v) is 9.36. The Morgan fingerprint density at radius 2 is 1.00 bits per heavy atom. The van der Waals surface area contributed by atoms with E-state index >= 15 is 0 Å². The van der Waals surface area contributed by atoms with Gasteiger partial charge in [0.25, 0.3) is 0 Å². The maximum Gasteiger partial charge on any atom is 0.460 e. The fraction of sp³-hybridized carbons (Fsp3) is 0.824. The molecular formula is C17H18ClF13O. The monoisotopic (exact) mass is 520 g/mol. The van der Waals surface area contributed by atoms with Crippen LogP contribution in [0.15, 0.2) is 12.2 Å². The molecule has 0 atom stereocenters. The summed E-state index contributed by atoms with van der Waals surface area (Å²) in [5, 5.41) is -0.529. The summed E-state index contributed by atoms with van der Waals surface area (Å²) in [5.41, 5.74) is 0. The molecule has 0 radical (unpaired) electrons. The van der Waals surface area contributed by atoms with Gasteiger partial charge in [0.2, 0.25) is 5.24 Å². The second-order valence-corrected chi connectivity index (χ2v) is 7.26. The maximum absolute atomic E-state index is 13.5. The van der Waals surface area contributed by atoms with Crippen molar-refractivity contribution in [2.24, 2.45) is 0 Å². The van der Waals surface area contributed by atoms with Gasteiger partial charge in [-0.05, 0) is 36.9 Å². The van der Waals surface area contributed by atoms with Crippen LogP contribution in [0.2, 0.25) is 0 Å². The molecule has 0 rings (SSSR count). The summed E-state index contributed by atoms with van der Waals surface area (Å²) in [6.07, 6.45) is -5.83. The predicted molar refractivity (Wildman–Crippen MR) is 87.7 cm³/mol. The van der Waals surface area contributed by atoms with E-state index in [1.54, 1.807) is 0 Å². The standard InChI is InChI=1S/C17H18ClF13O/c18-11(32)9-7-5-3-1-2-4-6-8-10-12(19,20)13(21,22)14(23,24)15(25,26)16(27,28)17(29,30)31/h8,10H,1-7,9H2. The highest BCUT2D eigenvalue weighted by molar-refractivity contribution is 6.63. The quantitative estimate of drug-likeness (QED) is 0.0977. The van der Waals surface area contributed by atoms with Crippen LogP contribution in [0, 0.1) is 0 Å². The molecule has 0 aliphatic carbocycles. The molecule has 0 bridgehead atoms. The van der Waals surface area contributed by atoms with Gasteiger partial charge in [-0.2, -0.15) is 57.1 Å². The number of hydrogen-bond acceptors (Lipinski definition) is 1. The molecule has 0 aromatic rings. The summed E-state index contributed by atoms with van der Waals surface area (Å²) in [4.78, 5) is 10.5. The van der Waals surface area contributed by atoms with Gasteiger partial charge in [-0.3, -0.25) is 4.79 Å². The highest BCUT2D eigenvalue weighted by Crippen LogP contribution is 2.60. The molecule has 0 N–H and O–H groups in total. The summed E-state index contributed by atoms with van der Waals surface area (Å²) < 4.78 is 168. The van der Waals surface area contributed by atoms with Crippen molar-refractivity contribution in [1.82, 2.24) is 0 Å². The average molecular weight is 521 g/mol. The van der Waals surface area contributed by atoms with Crippen LogP contribution in [0.3, 0.4) is 0 Å². The van der Waals surface area contributed by atoms with Crippen LogP contribution in [0.5, 0.6) is 0 Å². The SMILES string of the molecule is O=C(Cl)CCCCCCCCC=CC(F)(F)C(F)(F)C(F)(F)C(F)(F)C(F)(F)C(F)(F)F. The number of alkyl halides is 13. The smallest absolute Gasteiger partial charge is 0.281 e. The number of halogens is 14. The first-order valence-electron chi connectivity index (χ1n) is 8.98. The first-order chi connectivity index (χ1) is 14.2. The van der Waals surface area contributed by atoms with Gasteiger partial charge in [0.15, 0.2) is 0 Å². The fourth-order valence-corrected chi connectivity index (χ4v) is 2.48. The number of allylic oxidation sites excluding steroid dienone is 2. The molecular weight excluding hydrogens is 503 g/mol.